The summed E-state index contributed by atoms with van der Waals surface area (Å²) in [5.74, 6) is 0.268. The molecule has 0 fully saturated rings. The van der Waals surface area contributed by atoms with Gasteiger partial charge in [0.05, 0.1) is 16.8 Å². The molecule has 5 heteroatoms. The molecule has 0 unspecified atom stereocenters. The number of nitrogens with two attached hydrogens (primary N) is 2. The van der Waals surface area contributed by atoms with Gasteiger partial charge in [-0.1, -0.05) is 12.2 Å². The number of aromatic nitrogens is 1. The van der Waals surface area contributed by atoms with Crippen molar-refractivity contribution >= 4 is 23.0 Å². The van der Waals surface area contributed by atoms with Crippen LogP contribution in [-0.2, 0) is 0 Å². The van der Waals surface area contributed by atoms with Crippen LogP contribution in [0.2, 0.25) is 0 Å². The first-order valence-electron chi connectivity index (χ1n) is 3.53. The summed E-state index contributed by atoms with van der Waals surface area (Å²) >= 11 is 4.75. The van der Waals surface area contributed by atoms with Crippen LogP contribution in [0.15, 0.2) is 6.07 Å². The summed E-state index contributed by atoms with van der Waals surface area (Å²) in [6, 6.07) is 3.54. The van der Waals surface area contributed by atoms with E-state index < -0.39 is 0 Å². The van der Waals surface area contributed by atoms with Crippen LogP contribution in [0.1, 0.15) is 16.8 Å². The summed E-state index contributed by atoms with van der Waals surface area (Å²) in [6.45, 7) is 1.71. The summed E-state index contributed by atoms with van der Waals surface area (Å²) in [6.07, 6.45) is 0. The van der Waals surface area contributed by atoms with E-state index in [2.05, 4.69) is 4.98 Å². The third kappa shape index (κ3) is 1.73. The molecule has 0 spiro atoms. The molecule has 0 saturated heterocycles. The Morgan fingerprint density at radius 2 is 2.31 bits per heavy atom. The largest absolute Gasteiger partial charge is 0.389 e. The first kappa shape index (κ1) is 9.42. The summed E-state index contributed by atoms with van der Waals surface area (Å²) in [5.41, 5.74) is 12.4. The lowest BCUT2D eigenvalue weighted by Gasteiger charge is -2.04. The third-order valence-corrected chi connectivity index (χ3v) is 1.85. The maximum absolute atomic E-state index is 8.70. The van der Waals surface area contributed by atoms with Gasteiger partial charge in [-0.3, -0.25) is 0 Å². The predicted octanol–water partition coefficient (Wildman–Crippen LogP) is 0.478. The fourth-order valence-corrected chi connectivity index (χ4v) is 1.10. The predicted molar refractivity (Wildman–Crippen MR) is 54.0 cm³/mol. The van der Waals surface area contributed by atoms with Gasteiger partial charge in [-0.15, -0.1) is 0 Å². The molecule has 0 saturated carbocycles. The average Bonchev–Trinajstić information content (AvgIpc) is 2.03. The number of aryl methyl sites for hydroxylation is 1. The average molecular weight is 192 g/mol. The third-order valence-electron chi connectivity index (χ3n) is 1.63. The number of thiocarbonyl (C=S) groups is 1. The highest BCUT2D eigenvalue weighted by molar-refractivity contribution is 7.80. The Hall–Kier alpha value is -1.67. The number of anilines is 1. The lowest BCUT2D eigenvalue weighted by molar-refractivity contribution is 1.18. The molecule has 0 aromatic carbocycles. The highest BCUT2D eigenvalue weighted by atomic mass is 32.1. The maximum atomic E-state index is 8.70. The highest BCUT2D eigenvalue weighted by Crippen LogP contribution is 2.13. The van der Waals surface area contributed by atoms with Crippen LogP contribution in [-0.4, -0.2) is 9.97 Å². The topological polar surface area (TPSA) is 88.7 Å². The van der Waals surface area contributed by atoms with Crippen LogP contribution in [0.25, 0.3) is 0 Å². The lowest BCUT2D eigenvalue weighted by Crippen LogP contribution is -2.14. The van der Waals surface area contributed by atoms with Crippen molar-refractivity contribution in [3.05, 3.63) is 22.9 Å². The second kappa shape index (κ2) is 3.37. The fourth-order valence-electron chi connectivity index (χ4n) is 0.934. The fraction of sp³-hybridized carbons (Fsp3) is 0.125. The molecule has 0 radical (unpaired) electrons. The van der Waals surface area contributed by atoms with Gasteiger partial charge in [0.15, 0.2) is 0 Å². The van der Waals surface area contributed by atoms with Crippen LogP contribution in [0.5, 0.6) is 0 Å². The molecule has 66 valence electrons. The number of hydrogen-bond acceptors (Lipinski definition) is 4. The van der Waals surface area contributed by atoms with Gasteiger partial charge in [-0.05, 0) is 13.0 Å². The first-order chi connectivity index (χ1) is 6.06. The van der Waals surface area contributed by atoms with E-state index in [1.807, 2.05) is 6.07 Å². The molecule has 4 nitrogen and oxygen atoms in total. The zero-order valence-corrected chi connectivity index (χ0v) is 7.85. The van der Waals surface area contributed by atoms with E-state index in [9.17, 15) is 0 Å². The molecule has 0 aliphatic heterocycles. The molecular weight excluding hydrogens is 184 g/mol. The SMILES string of the molecule is Cc1nc(N)c(C(N)=S)cc1C#N. The quantitative estimate of drug-likeness (QED) is 0.632. The van der Waals surface area contributed by atoms with Crippen molar-refractivity contribution in [1.82, 2.24) is 4.98 Å². The lowest BCUT2D eigenvalue weighted by atomic mass is 10.1. The smallest absolute Gasteiger partial charge is 0.134 e. The number of hydrogen-bond donors (Lipinski definition) is 2. The second-order valence-corrected chi connectivity index (χ2v) is 2.97. The van der Waals surface area contributed by atoms with Crippen molar-refractivity contribution in [1.29, 1.82) is 5.26 Å². The van der Waals surface area contributed by atoms with E-state index >= 15 is 0 Å². The number of pyridine rings is 1. The number of nitrogen functional groups attached to an aromatic ring is 1. The molecule has 1 rings (SSSR count). The Morgan fingerprint density at radius 3 is 2.77 bits per heavy atom. The summed E-state index contributed by atoms with van der Waals surface area (Å²) < 4.78 is 0. The molecule has 13 heavy (non-hydrogen) atoms. The molecule has 0 aliphatic carbocycles. The van der Waals surface area contributed by atoms with Crippen LogP contribution >= 0.6 is 12.2 Å². The van der Waals surface area contributed by atoms with Gasteiger partial charge in [-0.25, -0.2) is 4.98 Å². The van der Waals surface area contributed by atoms with Crippen molar-refractivity contribution in [3.8, 4) is 6.07 Å². The zero-order valence-electron chi connectivity index (χ0n) is 7.03. The van der Waals surface area contributed by atoms with Crippen LogP contribution < -0.4 is 11.5 Å². The van der Waals surface area contributed by atoms with E-state index in [1.54, 1.807) is 13.0 Å². The van der Waals surface area contributed by atoms with Gasteiger partial charge in [0.1, 0.15) is 16.9 Å². The summed E-state index contributed by atoms with van der Waals surface area (Å²) in [5, 5.41) is 8.70. The van der Waals surface area contributed by atoms with Gasteiger partial charge in [0, 0.05) is 0 Å². The standard InChI is InChI=1S/C8H8N4S/c1-4-5(3-9)2-6(8(11)13)7(10)12-4/h2H,1H3,(H2,10,12)(H2,11,13). The Bertz CT molecular complexity index is 405. The number of rotatable bonds is 1. The van der Waals surface area contributed by atoms with Gasteiger partial charge in [0.25, 0.3) is 0 Å². The van der Waals surface area contributed by atoms with Gasteiger partial charge >= 0.3 is 0 Å². The van der Waals surface area contributed by atoms with E-state index in [1.165, 1.54) is 0 Å². The van der Waals surface area contributed by atoms with E-state index in [-0.39, 0.29) is 10.8 Å². The van der Waals surface area contributed by atoms with Crippen molar-refractivity contribution in [3.63, 3.8) is 0 Å². The van der Waals surface area contributed by atoms with Crippen molar-refractivity contribution in [2.45, 2.75) is 6.92 Å². The minimum Gasteiger partial charge on any atom is -0.389 e. The first-order valence-corrected chi connectivity index (χ1v) is 3.94. The Morgan fingerprint density at radius 1 is 1.69 bits per heavy atom. The van der Waals surface area contributed by atoms with Gasteiger partial charge in [-0.2, -0.15) is 5.26 Å². The Kier molecular flexibility index (Phi) is 2.44. The molecule has 1 aromatic rings. The minimum absolute atomic E-state index is 0.154. The summed E-state index contributed by atoms with van der Waals surface area (Å²) in [7, 11) is 0. The number of nitrogens with zero attached hydrogens (tertiary/aromatic N) is 2. The van der Waals surface area contributed by atoms with Crippen molar-refractivity contribution < 1.29 is 0 Å². The maximum Gasteiger partial charge on any atom is 0.134 e. The molecular formula is C8H8N4S. The Labute approximate surface area is 81.2 Å². The van der Waals surface area contributed by atoms with Crippen molar-refractivity contribution in [2.24, 2.45) is 5.73 Å². The molecule has 0 aliphatic rings. The van der Waals surface area contributed by atoms with Gasteiger partial charge < -0.3 is 11.5 Å². The zero-order chi connectivity index (χ0) is 10.0. The molecule has 1 aromatic heterocycles. The monoisotopic (exact) mass is 192 g/mol. The van der Waals surface area contributed by atoms with Gasteiger partial charge in [0.2, 0.25) is 0 Å². The second-order valence-electron chi connectivity index (χ2n) is 2.53. The van der Waals surface area contributed by atoms with Crippen LogP contribution in [0, 0.1) is 18.3 Å². The molecule has 0 amide bonds. The van der Waals surface area contributed by atoms with Crippen LogP contribution in [0.3, 0.4) is 0 Å². The minimum atomic E-state index is 0.154. The normalized spacial score (nSPS) is 9.23. The Balaban J connectivity index is 3.41. The molecule has 4 N–H and O–H groups in total. The van der Waals surface area contributed by atoms with Crippen LogP contribution in [0.4, 0.5) is 5.82 Å². The van der Waals surface area contributed by atoms with E-state index in [0.717, 1.165) is 0 Å². The van der Waals surface area contributed by atoms with E-state index in [0.29, 0.717) is 16.8 Å². The van der Waals surface area contributed by atoms with E-state index in [4.69, 9.17) is 28.9 Å². The number of nitriles is 1. The molecule has 1 heterocycles. The molecule has 0 bridgehead atoms. The van der Waals surface area contributed by atoms with Crippen molar-refractivity contribution in [2.75, 3.05) is 5.73 Å². The highest BCUT2D eigenvalue weighted by Gasteiger charge is 2.07. The molecule has 0 atom stereocenters. The summed E-state index contributed by atoms with van der Waals surface area (Å²) in [4.78, 5) is 4.11.